The number of nitrogens with zero attached hydrogens (tertiary/aromatic N) is 1. The number of rotatable bonds is 9. The van der Waals surface area contributed by atoms with E-state index in [0.29, 0.717) is 17.1 Å². The van der Waals surface area contributed by atoms with Crippen LogP contribution < -0.4 is 15.5 Å². The average molecular weight is 471 g/mol. The highest BCUT2D eigenvalue weighted by atomic mass is 32.2. The van der Waals surface area contributed by atoms with Crippen LogP contribution in [0.2, 0.25) is 0 Å². The number of pyridine rings is 1. The molecule has 0 radical (unpaired) electrons. The van der Waals surface area contributed by atoms with Gasteiger partial charge < -0.3 is 19.4 Å². The second-order valence-electron chi connectivity index (χ2n) is 6.88. The van der Waals surface area contributed by atoms with Gasteiger partial charge in [-0.15, -0.1) is 11.8 Å². The van der Waals surface area contributed by atoms with Crippen LogP contribution in [-0.2, 0) is 21.8 Å². The molecule has 0 bridgehead atoms. The normalized spacial score (nSPS) is 10.5. The van der Waals surface area contributed by atoms with Gasteiger partial charge >= 0.3 is 5.97 Å². The highest BCUT2D eigenvalue weighted by molar-refractivity contribution is 7.98. The number of carbonyl (C=O) groups is 2. The predicted molar refractivity (Wildman–Crippen MR) is 124 cm³/mol. The number of halogens is 1. The number of methoxy groups -OCH3 is 1. The Kier molecular flexibility index (Phi) is 8.26. The Hall–Kier alpha value is -3.59. The number of hydrogen-bond donors (Lipinski definition) is 1. The predicted octanol–water partition coefficient (Wildman–Crippen LogP) is 4.10. The van der Waals surface area contributed by atoms with Crippen LogP contribution >= 0.6 is 11.8 Å². The first-order valence-electron chi connectivity index (χ1n) is 10.1. The van der Waals surface area contributed by atoms with Crippen molar-refractivity contribution < 1.29 is 23.5 Å². The zero-order chi connectivity index (χ0) is 23.8. The minimum Gasteiger partial charge on any atom is -0.491 e. The molecule has 0 aliphatic carbocycles. The largest absolute Gasteiger partial charge is 0.491 e. The highest BCUT2D eigenvalue weighted by Gasteiger charge is 2.16. The number of aromatic nitrogens is 1. The second-order valence-corrected chi connectivity index (χ2v) is 7.93. The maximum absolute atomic E-state index is 13.2. The van der Waals surface area contributed by atoms with Gasteiger partial charge in [0.25, 0.3) is 0 Å². The zero-order valence-corrected chi connectivity index (χ0v) is 19.0. The van der Waals surface area contributed by atoms with Gasteiger partial charge in [-0.05, 0) is 43.3 Å². The summed E-state index contributed by atoms with van der Waals surface area (Å²) in [5, 5.41) is 2.73. The molecule has 1 heterocycles. The van der Waals surface area contributed by atoms with Crippen molar-refractivity contribution in [1.82, 2.24) is 4.57 Å². The number of carbonyl (C=O) groups excluding carboxylic acids is 2. The first kappa shape index (κ1) is 24.1. The van der Waals surface area contributed by atoms with Gasteiger partial charge in [0.05, 0.1) is 31.2 Å². The molecule has 0 saturated heterocycles. The van der Waals surface area contributed by atoms with Crippen LogP contribution in [-0.4, -0.2) is 30.2 Å². The average Bonchev–Trinajstić information content (AvgIpc) is 2.80. The van der Waals surface area contributed by atoms with E-state index < -0.39 is 11.9 Å². The topological polar surface area (TPSA) is 86.6 Å². The summed E-state index contributed by atoms with van der Waals surface area (Å²) in [6.45, 7) is 1.80. The van der Waals surface area contributed by atoms with Gasteiger partial charge in [0, 0.05) is 22.4 Å². The lowest BCUT2D eigenvalue weighted by atomic mass is 10.2. The molecule has 0 atom stereocenters. The monoisotopic (exact) mass is 470 g/mol. The quantitative estimate of drug-likeness (QED) is 0.374. The summed E-state index contributed by atoms with van der Waals surface area (Å²) in [4.78, 5) is 38.1. The second kappa shape index (κ2) is 11.3. The number of para-hydroxylation sites is 1. The van der Waals surface area contributed by atoms with Crippen molar-refractivity contribution in [3.05, 3.63) is 88.1 Å². The van der Waals surface area contributed by atoms with Crippen molar-refractivity contribution in [2.75, 3.05) is 19.0 Å². The number of anilines is 1. The maximum atomic E-state index is 13.2. The van der Waals surface area contributed by atoms with Crippen molar-refractivity contribution in [2.45, 2.75) is 24.1 Å². The Labute approximate surface area is 194 Å². The van der Waals surface area contributed by atoms with Crippen molar-refractivity contribution in [3.8, 4) is 5.75 Å². The molecule has 33 heavy (non-hydrogen) atoms. The lowest BCUT2D eigenvalue weighted by Crippen LogP contribution is -2.23. The highest BCUT2D eigenvalue weighted by Crippen LogP contribution is 2.23. The first-order valence-corrected chi connectivity index (χ1v) is 11.1. The molecule has 1 aromatic heterocycles. The molecule has 3 rings (SSSR count). The fourth-order valence-electron chi connectivity index (χ4n) is 3.03. The molecular formula is C24H23FN2O5S. The number of benzene rings is 2. The van der Waals surface area contributed by atoms with Gasteiger partial charge in [0.15, 0.2) is 5.75 Å². The fraction of sp³-hybridized carbons (Fsp3) is 0.208. The molecule has 0 aliphatic heterocycles. The number of thioether (sulfide) groups is 1. The summed E-state index contributed by atoms with van der Waals surface area (Å²) in [5.74, 6) is -0.789. The van der Waals surface area contributed by atoms with E-state index in [9.17, 15) is 18.8 Å². The Bertz CT molecular complexity index is 1190. The van der Waals surface area contributed by atoms with E-state index in [1.165, 1.54) is 43.3 Å². The van der Waals surface area contributed by atoms with Gasteiger partial charge in [0.2, 0.25) is 11.3 Å². The Morgan fingerprint density at radius 1 is 1.12 bits per heavy atom. The van der Waals surface area contributed by atoms with Crippen LogP contribution in [0.4, 0.5) is 10.1 Å². The van der Waals surface area contributed by atoms with E-state index in [0.717, 1.165) is 4.90 Å². The molecule has 0 spiro atoms. The van der Waals surface area contributed by atoms with Gasteiger partial charge in [-0.2, -0.15) is 0 Å². The molecule has 3 aromatic rings. The van der Waals surface area contributed by atoms with E-state index in [-0.39, 0.29) is 35.7 Å². The third kappa shape index (κ3) is 6.45. The van der Waals surface area contributed by atoms with Crippen molar-refractivity contribution >= 4 is 29.3 Å². The third-order valence-electron chi connectivity index (χ3n) is 4.61. The van der Waals surface area contributed by atoms with Crippen molar-refractivity contribution in [1.29, 1.82) is 0 Å². The van der Waals surface area contributed by atoms with Crippen LogP contribution in [0, 0.1) is 5.82 Å². The minimum atomic E-state index is -0.533. The fourth-order valence-corrected chi connectivity index (χ4v) is 3.92. The minimum absolute atomic E-state index is 0.102. The summed E-state index contributed by atoms with van der Waals surface area (Å²) in [6, 6.07) is 14.0. The van der Waals surface area contributed by atoms with E-state index in [1.807, 2.05) is 0 Å². The zero-order valence-electron chi connectivity index (χ0n) is 18.2. The van der Waals surface area contributed by atoms with Crippen LogP contribution in [0.1, 0.15) is 23.0 Å². The molecule has 172 valence electrons. The standard InChI is InChI=1S/C24H23FN2O5S/c1-3-32-24(30)19-6-4-5-7-20(19)26-23(29)14-27-13-22(31-2)21(28)12-17(27)15-33-18-10-8-16(25)9-11-18/h4-13H,3,14-15H2,1-2H3,(H,26,29). The molecule has 1 amide bonds. The molecule has 9 heteroatoms. The number of nitrogens with one attached hydrogen (secondary N) is 1. The van der Waals surface area contributed by atoms with Gasteiger partial charge in [-0.1, -0.05) is 12.1 Å². The summed E-state index contributed by atoms with van der Waals surface area (Å²) >= 11 is 1.40. The first-order chi connectivity index (χ1) is 15.9. The van der Waals surface area contributed by atoms with E-state index in [4.69, 9.17) is 9.47 Å². The SMILES string of the molecule is CCOC(=O)c1ccccc1NC(=O)Cn1cc(OC)c(=O)cc1CSc1ccc(F)cc1. The van der Waals surface area contributed by atoms with E-state index >= 15 is 0 Å². The number of hydrogen-bond acceptors (Lipinski definition) is 6. The Morgan fingerprint density at radius 3 is 2.55 bits per heavy atom. The van der Waals surface area contributed by atoms with Crippen LogP contribution in [0.5, 0.6) is 5.75 Å². The Morgan fingerprint density at radius 2 is 1.85 bits per heavy atom. The molecule has 7 nitrogen and oxygen atoms in total. The summed E-state index contributed by atoms with van der Waals surface area (Å²) in [5.41, 5.74) is 0.856. The maximum Gasteiger partial charge on any atom is 0.340 e. The molecule has 0 unspecified atom stereocenters. The number of esters is 1. The van der Waals surface area contributed by atoms with E-state index in [2.05, 4.69) is 5.32 Å². The number of ether oxygens (including phenoxy) is 2. The van der Waals surface area contributed by atoms with Crippen LogP contribution in [0.15, 0.2) is 70.5 Å². The summed E-state index contributed by atoms with van der Waals surface area (Å²) in [7, 11) is 1.38. The third-order valence-corrected chi connectivity index (χ3v) is 5.66. The molecule has 2 aromatic carbocycles. The van der Waals surface area contributed by atoms with Gasteiger partial charge in [0.1, 0.15) is 12.4 Å². The molecule has 0 fully saturated rings. The summed E-state index contributed by atoms with van der Waals surface area (Å²) < 4.78 is 24.9. The van der Waals surface area contributed by atoms with Gasteiger partial charge in [-0.3, -0.25) is 9.59 Å². The lowest BCUT2D eigenvalue weighted by Gasteiger charge is -2.16. The number of amides is 1. The van der Waals surface area contributed by atoms with Crippen molar-refractivity contribution in [2.24, 2.45) is 0 Å². The molecule has 0 saturated carbocycles. The molecule has 1 N–H and O–H groups in total. The Balaban J connectivity index is 1.80. The smallest absolute Gasteiger partial charge is 0.340 e. The van der Waals surface area contributed by atoms with E-state index in [1.54, 1.807) is 47.9 Å². The van der Waals surface area contributed by atoms with Crippen LogP contribution in [0.25, 0.3) is 0 Å². The van der Waals surface area contributed by atoms with Crippen LogP contribution in [0.3, 0.4) is 0 Å². The summed E-state index contributed by atoms with van der Waals surface area (Å²) in [6.07, 6.45) is 1.47. The van der Waals surface area contributed by atoms with Crippen molar-refractivity contribution in [3.63, 3.8) is 0 Å². The van der Waals surface area contributed by atoms with Gasteiger partial charge in [-0.25, -0.2) is 9.18 Å². The molecule has 0 aliphatic rings. The lowest BCUT2D eigenvalue weighted by molar-refractivity contribution is -0.116. The molecular weight excluding hydrogens is 447 g/mol.